The van der Waals surface area contributed by atoms with E-state index in [1.807, 2.05) is 61.5 Å². The molecule has 4 nitrogen and oxygen atoms in total. The van der Waals surface area contributed by atoms with E-state index in [0.717, 1.165) is 15.6 Å². The molecule has 1 atom stereocenters. The van der Waals surface area contributed by atoms with E-state index in [1.54, 1.807) is 0 Å². The van der Waals surface area contributed by atoms with Crippen LogP contribution in [-0.2, 0) is 9.53 Å². The molecular weight excluding hydrogens is 370 g/mol. The first-order valence-corrected chi connectivity index (χ1v) is 9.41. The number of fused-ring (bicyclic) bond motifs is 1. The highest BCUT2D eigenvalue weighted by molar-refractivity contribution is 7.21. The van der Waals surface area contributed by atoms with Gasteiger partial charge in [0, 0.05) is 16.6 Å². The molecular formula is C20H18ClNO3S. The van der Waals surface area contributed by atoms with Gasteiger partial charge in [0.15, 0.2) is 6.61 Å². The van der Waals surface area contributed by atoms with Gasteiger partial charge < -0.3 is 10.1 Å². The number of esters is 1. The Morgan fingerprint density at radius 1 is 1.12 bits per heavy atom. The number of nitrogens with one attached hydrogen (secondary N) is 1. The van der Waals surface area contributed by atoms with Crippen LogP contribution >= 0.6 is 22.9 Å². The number of ether oxygens (including phenoxy) is 1. The molecule has 0 radical (unpaired) electrons. The molecule has 3 aromatic rings. The SMILES string of the molecule is CC(CNC(=O)COC(=O)c1sc2ccccc2c1Cl)c1ccccc1. The average molecular weight is 388 g/mol. The van der Waals surface area contributed by atoms with Gasteiger partial charge in [-0.15, -0.1) is 11.3 Å². The van der Waals surface area contributed by atoms with Crippen LogP contribution in [-0.4, -0.2) is 25.0 Å². The van der Waals surface area contributed by atoms with Gasteiger partial charge in [-0.2, -0.15) is 0 Å². The van der Waals surface area contributed by atoms with Crippen molar-refractivity contribution in [3.63, 3.8) is 0 Å². The highest BCUT2D eigenvalue weighted by atomic mass is 35.5. The summed E-state index contributed by atoms with van der Waals surface area (Å²) in [5.74, 6) is -0.742. The van der Waals surface area contributed by atoms with E-state index < -0.39 is 5.97 Å². The van der Waals surface area contributed by atoms with Crippen molar-refractivity contribution < 1.29 is 14.3 Å². The standard InChI is InChI=1S/C20H18ClNO3S/c1-13(14-7-3-2-4-8-14)11-22-17(23)12-25-20(24)19-18(21)15-9-5-6-10-16(15)26-19/h2-10,13H,11-12H2,1H3,(H,22,23). The van der Waals surface area contributed by atoms with Crippen molar-refractivity contribution in [1.82, 2.24) is 5.32 Å². The minimum absolute atomic E-state index is 0.174. The number of hydrogen-bond acceptors (Lipinski definition) is 4. The molecule has 1 N–H and O–H groups in total. The lowest BCUT2D eigenvalue weighted by Crippen LogP contribution is -2.31. The van der Waals surface area contributed by atoms with E-state index in [0.29, 0.717) is 16.4 Å². The van der Waals surface area contributed by atoms with Crippen molar-refractivity contribution in [2.45, 2.75) is 12.8 Å². The van der Waals surface area contributed by atoms with Crippen LogP contribution in [0.25, 0.3) is 10.1 Å². The Bertz CT molecular complexity index is 923. The predicted molar refractivity (Wildman–Crippen MR) is 105 cm³/mol. The zero-order valence-electron chi connectivity index (χ0n) is 14.2. The Kier molecular flexibility index (Phi) is 5.91. The Labute approximate surface area is 160 Å². The van der Waals surface area contributed by atoms with E-state index in [4.69, 9.17) is 16.3 Å². The van der Waals surface area contributed by atoms with Gasteiger partial charge in [-0.05, 0) is 17.5 Å². The normalized spacial score (nSPS) is 11.9. The maximum atomic E-state index is 12.2. The maximum Gasteiger partial charge on any atom is 0.350 e. The van der Waals surface area contributed by atoms with Gasteiger partial charge in [0.05, 0.1) is 5.02 Å². The molecule has 134 valence electrons. The lowest BCUT2D eigenvalue weighted by atomic mass is 10.0. The van der Waals surface area contributed by atoms with Crippen molar-refractivity contribution >= 4 is 44.9 Å². The van der Waals surface area contributed by atoms with E-state index in [-0.39, 0.29) is 18.4 Å². The van der Waals surface area contributed by atoms with Crippen LogP contribution in [0, 0.1) is 0 Å². The van der Waals surface area contributed by atoms with Gasteiger partial charge >= 0.3 is 5.97 Å². The highest BCUT2D eigenvalue weighted by Crippen LogP contribution is 2.35. The molecule has 0 saturated carbocycles. The molecule has 26 heavy (non-hydrogen) atoms. The van der Waals surface area contributed by atoms with Gasteiger partial charge in [-0.1, -0.05) is 67.1 Å². The van der Waals surface area contributed by atoms with Gasteiger partial charge in [0.25, 0.3) is 5.91 Å². The Balaban J connectivity index is 1.52. The third-order valence-electron chi connectivity index (χ3n) is 4.03. The predicted octanol–water partition coefficient (Wildman–Crippen LogP) is 4.63. The molecule has 1 amide bonds. The number of amides is 1. The zero-order chi connectivity index (χ0) is 18.5. The lowest BCUT2D eigenvalue weighted by molar-refractivity contribution is -0.124. The van der Waals surface area contributed by atoms with Crippen molar-refractivity contribution in [2.75, 3.05) is 13.2 Å². The first kappa shape index (κ1) is 18.4. The molecule has 0 aliphatic carbocycles. The Morgan fingerprint density at radius 2 is 1.81 bits per heavy atom. The van der Waals surface area contributed by atoms with Gasteiger partial charge in [0.1, 0.15) is 4.88 Å². The largest absolute Gasteiger partial charge is 0.451 e. The molecule has 0 fully saturated rings. The molecule has 3 rings (SSSR count). The summed E-state index contributed by atoms with van der Waals surface area (Å²) in [7, 11) is 0. The molecule has 1 heterocycles. The highest BCUT2D eigenvalue weighted by Gasteiger charge is 2.19. The quantitative estimate of drug-likeness (QED) is 0.627. The summed E-state index contributed by atoms with van der Waals surface area (Å²) in [6.45, 7) is 2.17. The fourth-order valence-electron chi connectivity index (χ4n) is 2.56. The second-order valence-corrected chi connectivity index (χ2v) is 7.36. The van der Waals surface area contributed by atoms with Gasteiger partial charge in [0.2, 0.25) is 0 Å². The number of hydrogen-bond donors (Lipinski definition) is 1. The summed E-state index contributed by atoms with van der Waals surface area (Å²) in [6.07, 6.45) is 0. The monoisotopic (exact) mass is 387 g/mol. The smallest absolute Gasteiger partial charge is 0.350 e. The van der Waals surface area contributed by atoms with E-state index >= 15 is 0 Å². The van der Waals surface area contributed by atoms with Gasteiger partial charge in [-0.25, -0.2) is 4.79 Å². The summed E-state index contributed by atoms with van der Waals surface area (Å²) in [5.41, 5.74) is 1.14. The molecule has 0 spiro atoms. The maximum absolute atomic E-state index is 12.2. The minimum atomic E-state index is -0.581. The second-order valence-electron chi connectivity index (χ2n) is 5.93. The molecule has 0 aliphatic rings. The Morgan fingerprint density at radius 3 is 2.54 bits per heavy atom. The van der Waals surface area contributed by atoms with Crippen LogP contribution in [0.2, 0.25) is 5.02 Å². The average Bonchev–Trinajstić information content (AvgIpc) is 3.02. The number of halogens is 1. The minimum Gasteiger partial charge on any atom is -0.451 e. The van der Waals surface area contributed by atoms with Crippen LogP contribution in [0.3, 0.4) is 0 Å². The molecule has 0 bridgehead atoms. The molecule has 6 heteroatoms. The third-order valence-corrected chi connectivity index (χ3v) is 5.68. The summed E-state index contributed by atoms with van der Waals surface area (Å²) < 4.78 is 6.02. The number of carbonyl (C=O) groups excluding carboxylic acids is 2. The fourth-order valence-corrected chi connectivity index (χ4v) is 3.96. The molecule has 0 aliphatic heterocycles. The summed E-state index contributed by atoms with van der Waals surface area (Å²) in [5, 5.41) is 3.96. The fraction of sp³-hybridized carbons (Fsp3) is 0.200. The van der Waals surface area contributed by atoms with Gasteiger partial charge in [-0.3, -0.25) is 4.79 Å². The second kappa shape index (κ2) is 8.34. The van der Waals surface area contributed by atoms with E-state index in [1.165, 1.54) is 11.3 Å². The third kappa shape index (κ3) is 4.23. The number of benzene rings is 2. The van der Waals surface area contributed by atoms with Crippen molar-refractivity contribution in [3.8, 4) is 0 Å². The Hall–Kier alpha value is -2.37. The first-order valence-electron chi connectivity index (χ1n) is 8.22. The molecule has 2 aromatic carbocycles. The molecule has 1 aromatic heterocycles. The van der Waals surface area contributed by atoms with Crippen LogP contribution < -0.4 is 5.32 Å². The number of carbonyl (C=O) groups is 2. The van der Waals surface area contributed by atoms with Crippen molar-refractivity contribution in [2.24, 2.45) is 0 Å². The number of thiophene rings is 1. The zero-order valence-corrected chi connectivity index (χ0v) is 15.8. The lowest BCUT2D eigenvalue weighted by Gasteiger charge is -2.13. The topological polar surface area (TPSA) is 55.4 Å². The van der Waals surface area contributed by atoms with Crippen LogP contribution in [0.1, 0.15) is 28.1 Å². The van der Waals surface area contributed by atoms with Crippen molar-refractivity contribution in [1.29, 1.82) is 0 Å². The van der Waals surface area contributed by atoms with E-state index in [9.17, 15) is 9.59 Å². The van der Waals surface area contributed by atoms with Crippen LogP contribution in [0.5, 0.6) is 0 Å². The van der Waals surface area contributed by atoms with Crippen molar-refractivity contribution in [3.05, 3.63) is 70.1 Å². The molecule has 1 unspecified atom stereocenters. The molecule has 0 saturated heterocycles. The van der Waals surface area contributed by atoms with Crippen LogP contribution in [0.15, 0.2) is 54.6 Å². The van der Waals surface area contributed by atoms with E-state index in [2.05, 4.69) is 5.32 Å². The van der Waals surface area contributed by atoms with Crippen LogP contribution in [0.4, 0.5) is 0 Å². The summed E-state index contributed by atoms with van der Waals surface area (Å²) >= 11 is 7.51. The summed E-state index contributed by atoms with van der Waals surface area (Å²) in [6, 6.07) is 17.4. The summed E-state index contributed by atoms with van der Waals surface area (Å²) in [4.78, 5) is 24.5. The number of rotatable bonds is 6. The first-order chi connectivity index (χ1) is 12.6.